The van der Waals surface area contributed by atoms with Gasteiger partial charge >= 0.3 is 0 Å². The van der Waals surface area contributed by atoms with Crippen LogP contribution in [0.4, 0.5) is 5.69 Å². The molecule has 0 saturated heterocycles. The Hall–Kier alpha value is -1.96. The van der Waals surface area contributed by atoms with Crippen LogP contribution in [0, 0.1) is 0 Å². The first-order valence-electron chi connectivity index (χ1n) is 7.99. The number of hydrogen-bond acceptors (Lipinski definition) is 2. The van der Waals surface area contributed by atoms with Gasteiger partial charge in [-0.05, 0) is 60.9 Å². The Morgan fingerprint density at radius 2 is 1.90 bits per heavy atom. The first-order chi connectivity index (χ1) is 10.4. The van der Waals surface area contributed by atoms with Gasteiger partial charge in [0.15, 0.2) is 0 Å². The SMILES string of the molecule is c1cc2c(c(Cc3ccc(OC4CC4)cc3)c1)NCCC2. The van der Waals surface area contributed by atoms with Gasteiger partial charge in [0.1, 0.15) is 5.75 Å². The van der Waals surface area contributed by atoms with Crippen molar-refractivity contribution in [3.63, 3.8) is 0 Å². The molecule has 2 nitrogen and oxygen atoms in total. The molecule has 1 aliphatic carbocycles. The molecule has 0 radical (unpaired) electrons. The fraction of sp³-hybridized carbons (Fsp3) is 0.368. The summed E-state index contributed by atoms with van der Waals surface area (Å²) in [4.78, 5) is 0. The summed E-state index contributed by atoms with van der Waals surface area (Å²) in [5, 5.41) is 3.57. The van der Waals surface area contributed by atoms with Gasteiger partial charge in [-0.25, -0.2) is 0 Å². The van der Waals surface area contributed by atoms with Crippen LogP contribution in [0.15, 0.2) is 42.5 Å². The fourth-order valence-electron chi connectivity index (χ4n) is 3.01. The third-order valence-corrected chi connectivity index (χ3v) is 4.31. The normalized spacial score (nSPS) is 17.0. The van der Waals surface area contributed by atoms with Crippen LogP contribution in [0.2, 0.25) is 0 Å². The molecular weight excluding hydrogens is 258 g/mol. The van der Waals surface area contributed by atoms with Crippen molar-refractivity contribution in [2.45, 2.75) is 38.2 Å². The first kappa shape index (κ1) is 12.8. The van der Waals surface area contributed by atoms with Crippen LogP contribution < -0.4 is 10.1 Å². The van der Waals surface area contributed by atoms with Crippen molar-refractivity contribution in [1.29, 1.82) is 0 Å². The monoisotopic (exact) mass is 279 g/mol. The van der Waals surface area contributed by atoms with Crippen LogP contribution in [0.5, 0.6) is 5.75 Å². The smallest absolute Gasteiger partial charge is 0.119 e. The number of para-hydroxylation sites is 1. The van der Waals surface area contributed by atoms with Gasteiger partial charge < -0.3 is 10.1 Å². The lowest BCUT2D eigenvalue weighted by Gasteiger charge is -2.21. The van der Waals surface area contributed by atoms with Gasteiger partial charge in [-0.3, -0.25) is 0 Å². The minimum absolute atomic E-state index is 0.473. The molecule has 2 aliphatic rings. The van der Waals surface area contributed by atoms with Crippen molar-refractivity contribution in [1.82, 2.24) is 0 Å². The molecule has 2 heteroatoms. The molecule has 1 heterocycles. The quantitative estimate of drug-likeness (QED) is 0.906. The molecule has 4 rings (SSSR count). The zero-order valence-electron chi connectivity index (χ0n) is 12.3. The molecule has 1 N–H and O–H groups in total. The highest BCUT2D eigenvalue weighted by atomic mass is 16.5. The highest BCUT2D eigenvalue weighted by Gasteiger charge is 2.23. The Morgan fingerprint density at radius 1 is 1.05 bits per heavy atom. The highest BCUT2D eigenvalue weighted by molar-refractivity contribution is 5.60. The van der Waals surface area contributed by atoms with Crippen molar-refractivity contribution in [3.05, 3.63) is 59.2 Å². The van der Waals surface area contributed by atoms with E-state index in [1.807, 2.05) is 0 Å². The Kier molecular flexibility index (Phi) is 3.30. The molecule has 2 aromatic rings. The Morgan fingerprint density at radius 3 is 2.71 bits per heavy atom. The highest BCUT2D eigenvalue weighted by Crippen LogP contribution is 2.29. The third-order valence-electron chi connectivity index (χ3n) is 4.31. The molecule has 0 aromatic heterocycles. The van der Waals surface area contributed by atoms with Gasteiger partial charge in [-0.15, -0.1) is 0 Å². The molecule has 0 amide bonds. The summed E-state index contributed by atoms with van der Waals surface area (Å²) in [5.74, 6) is 1.01. The number of benzene rings is 2. The van der Waals surface area contributed by atoms with E-state index in [0.717, 1.165) is 18.7 Å². The van der Waals surface area contributed by atoms with Crippen molar-refractivity contribution >= 4 is 5.69 Å². The maximum Gasteiger partial charge on any atom is 0.119 e. The molecule has 0 bridgehead atoms. The topological polar surface area (TPSA) is 21.3 Å². The van der Waals surface area contributed by atoms with Crippen molar-refractivity contribution in [3.8, 4) is 5.75 Å². The largest absolute Gasteiger partial charge is 0.490 e. The number of rotatable bonds is 4. The summed E-state index contributed by atoms with van der Waals surface area (Å²) in [6.45, 7) is 1.10. The van der Waals surface area contributed by atoms with Gasteiger partial charge in [0, 0.05) is 12.2 Å². The number of ether oxygens (including phenoxy) is 1. The van der Waals surface area contributed by atoms with E-state index in [4.69, 9.17) is 4.74 Å². The number of fused-ring (bicyclic) bond motifs is 1. The molecule has 1 aliphatic heterocycles. The zero-order valence-corrected chi connectivity index (χ0v) is 12.3. The van der Waals surface area contributed by atoms with Gasteiger partial charge in [0.25, 0.3) is 0 Å². The summed E-state index contributed by atoms with van der Waals surface area (Å²) in [6.07, 6.45) is 6.32. The van der Waals surface area contributed by atoms with E-state index in [1.54, 1.807) is 0 Å². The van der Waals surface area contributed by atoms with E-state index in [9.17, 15) is 0 Å². The van der Waals surface area contributed by atoms with E-state index in [1.165, 1.54) is 48.1 Å². The maximum atomic E-state index is 5.81. The molecule has 21 heavy (non-hydrogen) atoms. The Labute approximate surface area is 126 Å². The summed E-state index contributed by atoms with van der Waals surface area (Å²) in [5.41, 5.74) is 5.58. The van der Waals surface area contributed by atoms with E-state index >= 15 is 0 Å². The van der Waals surface area contributed by atoms with Gasteiger partial charge in [-0.2, -0.15) is 0 Å². The van der Waals surface area contributed by atoms with Gasteiger partial charge in [-0.1, -0.05) is 30.3 Å². The van der Waals surface area contributed by atoms with Crippen LogP contribution in [0.25, 0.3) is 0 Å². The molecule has 1 fully saturated rings. The second kappa shape index (κ2) is 5.44. The third kappa shape index (κ3) is 2.90. The van der Waals surface area contributed by atoms with Crippen LogP contribution in [0.3, 0.4) is 0 Å². The number of aryl methyl sites for hydroxylation is 1. The number of anilines is 1. The summed E-state index contributed by atoms with van der Waals surface area (Å²) < 4.78 is 5.81. The number of nitrogens with one attached hydrogen (secondary N) is 1. The van der Waals surface area contributed by atoms with Crippen LogP contribution in [-0.4, -0.2) is 12.6 Å². The predicted octanol–water partition coefficient (Wildman–Crippen LogP) is 4.18. The molecule has 0 spiro atoms. The minimum atomic E-state index is 0.473. The molecule has 0 atom stereocenters. The van der Waals surface area contributed by atoms with Gasteiger partial charge in [0.2, 0.25) is 0 Å². The summed E-state index contributed by atoms with van der Waals surface area (Å²) in [7, 11) is 0. The Balaban J connectivity index is 1.52. The molecule has 108 valence electrons. The minimum Gasteiger partial charge on any atom is -0.490 e. The molecule has 1 saturated carbocycles. The zero-order chi connectivity index (χ0) is 14.1. The van der Waals surface area contributed by atoms with E-state index in [0.29, 0.717) is 6.10 Å². The summed E-state index contributed by atoms with van der Waals surface area (Å²) >= 11 is 0. The van der Waals surface area contributed by atoms with Crippen LogP contribution >= 0.6 is 0 Å². The standard InChI is InChI=1S/C19H21NO/c1-3-15-5-2-12-20-19(15)16(4-1)13-14-6-8-17(9-7-14)21-18-10-11-18/h1,3-4,6-9,18,20H,2,5,10-13H2. The Bertz CT molecular complexity index is 629. The first-order valence-corrected chi connectivity index (χ1v) is 7.99. The predicted molar refractivity (Wildman–Crippen MR) is 86.2 cm³/mol. The molecular formula is C19H21NO. The van der Waals surface area contributed by atoms with Gasteiger partial charge in [0.05, 0.1) is 6.10 Å². The molecule has 2 aromatic carbocycles. The van der Waals surface area contributed by atoms with E-state index in [2.05, 4.69) is 47.8 Å². The maximum absolute atomic E-state index is 5.81. The summed E-state index contributed by atoms with van der Waals surface area (Å²) in [6, 6.07) is 15.3. The van der Waals surface area contributed by atoms with E-state index in [-0.39, 0.29) is 0 Å². The fourth-order valence-corrected chi connectivity index (χ4v) is 3.01. The average Bonchev–Trinajstić information content (AvgIpc) is 3.34. The van der Waals surface area contributed by atoms with Crippen LogP contribution in [-0.2, 0) is 12.8 Å². The van der Waals surface area contributed by atoms with Crippen molar-refractivity contribution in [2.75, 3.05) is 11.9 Å². The van der Waals surface area contributed by atoms with Crippen molar-refractivity contribution < 1.29 is 4.74 Å². The lowest BCUT2D eigenvalue weighted by Crippen LogP contribution is -2.13. The van der Waals surface area contributed by atoms with E-state index < -0.39 is 0 Å². The lowest BCUT2D eigenvalue weighted by molar-refractivity contribution is 0.303. The molecule has 0 unspecified atom stereocenters. The lowest BCUT2D eigenvalue weighted by atomic mass is 9.95. The second-order valence-electron chi connectivity index (χ2n) is 6.12. The van der Waals surface area contributed by atoms with Crippen molar-refractivity contribution in [2.24, 2.45) is 0 Å². The number of hydrogen-bond donors (Lipinski definition) is 1. The average molecular weight is 279 g/mol. The van der Waals surface area contributed by atoms with Crippen LogP contribution in [0.1, 0.15) is 36.0 Å². The second-order valence-corrected chi connectivity index (χ2v) is 6.12.